The van der Waals surface area contributed by atoms with Gasteiger partial charge < -0.3 is 15.1 Å². The van der Waals surface area contributed by atoms with Crippen molar-refractivity contribution in [2.45, 2.75) is 20.8 Å². The van der Waals surface area contributed by atoms with Crippen molar-refractivity contribution in [2.75, 3.05) is 11.4 Å². The third-order valence-corrected chi connectivity index (χ3v) is 4.86. The normalized spacial score (nSPS) is 15.0. The Bertz CT molecular complexity index is 788. The standard InChI is InChI=1S/C16H17N3O2S/c1-8-4-5-12(20)11(6-8)19-7-13(21)14(15(19)17)16-18-9(2)10(3)22-16/h4-6,17,20-21H,7H2,1-3H3. The van der Waals surface area contributed by atoms with Crippen molar-refractivity contribution < 1.29 is 10.2 Å². The fraction of sp³-hybridized carbons (Fsp3) is 0.250. The van der Waals surface area contributed by atoms with Crippen LogP contribution in [0.1, 0.15) is 21.1 Å². The van der Waals surface area contributed by atoms with Crippen LogP contribution in [-0.4, -0.2) is 27.6 Å². The number of phenolic OH excluding ortho intramolecular Hbond substituents is 1. The molecule has 6 heteroatoms. The van der Waals surface area contributed by atoms with Gasteiger partial charge in [0.15, 0.2) is 0 Å². The van der Waals surface area contributed by atoms with Crippen molar-refractivity contribution >= 4 is 28.4 Å². The van der Waals surface area contributed by atoms with Crippen molar-refractivity contribution in [2.24, 2.45) is 0 Å². The molecule has 0 radical (unpaired) electrons. The molecular formula is C16H17N3O2S. The third kappa shape index (κ3) is 2.25. The Morgan fingerprint density at radius 3 is 2.59 bits per heavy atom. The molecule has 1 aliphatic rings. The van der Waals surface area contributed by atoms with Gasteiger partial charge in [0.1, 0.15) is 22.4 Å². The zero-order valence-corrected chi connectivity index (χ0v) is 13.5. The number of hydrogen-bond acceptors (Lipinski definition) is 5. The molecule has 0 saturated heterocycles. The summed E-state index contributed by atoms with van der Waals surface area (Å²) in [7, 11) is 0. The second kappa shape index (κ2) is 5.14. The van der Waals surface area contributed by atoms with Crippen LogP contribution < -0.4 is 4.90 Å². The quantitative estimate of drug-likeness (QED) is 0.792. The molecule has 3 rings (SSSR count). The van der Waals surface area contributed by atoms with E-state index in [-0.39, 0.29) is 23.9 Å². The fourth-order valence-electron chi connectivity index (χ4n) is 2.44. The fourth-order valence-corrected chi connectivity index (χ4v) is 3.42. The number of thiazole rings is 1. The van der Waals surface area contributed by atoms with E-state index in [1.165, 1.54) is 11.3 Å². The van der Waals surface area contributed by atoms with Crippen molar-refractivity contribution in [1.82, 2.24) is 4.98 Å². The summed E-state index contributed by atoms with van der Waals surface area (Å²) in [6, 6.07) is 5.21. The molecule has 22 heavy (non-hydrogen) atoms. The van der Waals surface area contributed by atoms with Gasteiger partial charge in [0, 0.05) is 4.88 Å². The lowest BCUT2D eigenvalue weighted by Crippen LogP contribution is -2.26. The maximum absolute atomic E-state index is 10.3. The molecule has 0 bridgehead atoms. The first kappa shape index (κ1) is 14.6. The lowest BCUT2D eigenvalue weighted by molar-refractivity contribution is 0.411. The highest BCUT2D eigenvalue weighted by atomic mass is 32.1. The summed E-state index contributed by atoms with van der Waals surface area (Å²) >= 11 is 1.46. The number of aromatic nitrogens is 1. The highest BCUT2D eigenvalue weighted by Gasteiger charge is 2.32. The minimum absolute atomic E-state index is 0.0934. The van der Waals surface area contributed by atoms with Crippen molar-refractivity contribution in [3.8, 4) is 5.75 Å². The Morgan fingerprint density at radius 2 is 1.95 bits per heavy atom. The number of nitrogens with zero attached hydrogens (tertiary/aromatic N) is 2. The number of rotatable bonds is 2. The van der Waals surface area contributed by atoms with Gasteiger partial charge in [0.2, 0.25) is 0 Å². The van der Waals surface area contributed by atoms with E-state index >= 15 is 0 Å². The molecule has 0 fully saturated rings. The molecular weight excluding hydrogens is 298 g/mol. The zero-order chi connectivity index (χ0) is 16.0. The molecule has 114 valence electrons. The molecule has 0 amide bonds. The van der Waals surface area contributed by atoms with Crippen molar-refractivity contribution in [1.29, 1.82) is 5.41 Å². The Kier molecular flexibility index (Phi) is 3.41. The molecule has 0 unspecified atom stereocenters. The number of aryl methyl sites for hydroxylation is 3. The predicted molar refractivity (Wildman–Crippen MR) is 89.1 cm³/mol. The van der Waals surface area contributed by atoms with Gasteiger partial charge in [0.25, 0.3) is 0 Å². The summed E-state index contributed by atoms with van der Waals surface area (Å²) in [6.45, 7) is 5.97. The maximum Gasteiger partial charge on any atom is 0.139 e. The van der Waals surface area contributed by atoms with Gasteiger partial charge in [-0.2, -0.15) is 0 Å². The lowest BCUT2D eigenvalue weighted by atomic mass is 10.2. The first-order valence-corrected chi connectivity index (χ1v) is 7.72. The molecule has 5 nitrogen and oxygen atoms in total. The van der Waals surface area contributed by atoms with Crippen molar-refractivity contribution in [3.05, 3.63) is 45.1 Å². The van der Waals surface area contributed by atoms with E-state index in [0.717, 1.165) is 16.1 Å². The van der Waals surface area contributed by atoms with Gasteiger partial charge in [0.05, 0.1) is 23.5 Å². The van der Waals surface area contributed by atoms with Gasteiger partial charge >= 0.3 is 0 Å². The third-order valence-electron chi connectivity index (χ3n) is 3.77. The van der Waals surface area contributed by atoms with Crippen LogP contribution in [0.25, 0.3) is 5.57 Å². The summed E-state index contributed by atoms with van der Waals surface area (Å²) in [5, 5.41) is 29.4. The molecule has 1 aromatic carbocycles. The average molecular weight is 315 g/mol. The van der Waals surface area contributed by atoms with Gasteiger partial charge in [-0.3, -0.25) is 5.41 Å². The zero-order valence-electron chi connectivity index (χ0n) is 12.6. The average Bonchev–Trinajstić information content (AvgIpc) is 2.93. The highest BCUT2D eigenvalue weighted by molar-refractivity contribution is 7.13. The van der Waals surface area contributed by atoms with Crippen LogP contribution in [-0.2, 0) is 0 Å². The first-order chi connectivity index (χ1) is 10.4. The SMILES string of the molecule is Cc1ccc(O)c(N2CC(O)=C(c3nc(C)c(C)s3)C2=N)c1. The largest absolute Gasteiger partial charge is 0.510 e. The van der Waals surface area contributed by atoms with E-state index in [9.17, 15) is 10.2 Å². The number of phenols is 1. The molecule has 0 spiro atoms. The van der Waals surface area contributed by atoms with Gasteiger partial charge in [-0.25, -0.2) is 4.98 Å². The van der Waals surface area contributed by atoms with E-state index in [4.69, 9.17) is 5.41 Å². The topological polar surface area (TPSA) is 80.4 Å². The minimum Gasteiger partial charge on any atom is -0.510 e. The Morgan fingerprint density at radius 1 is 1.23 bits per heavy atom. The van der Waals surface area contributed by atoms with E-state index in [1.54, 1.807) is 23.1 Å². The van der Waals surface area contributed by atoms with Crippen molar-refractivity contribution in [3.63, 3.8) is 0 Å². The number of benzene rings is 1. The van der Waals surface area contributed by atoms with Crippen LogP contribution in [0.3, 0.4) is 0 Å². The second-order valence-electron chi connectivity index (χ2n) is 5.41. The molecule has 0 atom stereocenters. The maximum atomic E-state index is 10.3. The smallest absolute Gasteiger partial charge is 0.139 e. The van der Waals surface area contributed by atoms with Crippen LogP contribution in [0.5, 0.6) is 5.75 Å². The van der Waals surface area contributed by atoms with E-state index in [1.807, 2.05) is 20.8 Å². The van der Waals surface area contributed by atoms with E-state index in [2.05, 4.69) is 4.98 Å². The highest BCUT2D eigenvalue weighted by Crippen LogP contribution is 2.37. The Labute approximate surface area is 132 Å². The Hall–Kier alpha value is -2.34. The summed E-state index contributed by atoms with van der Waals surface area (Å²) < 4.78 is 0. The summed E-state index contributed by atoms with van der Waals surface area (Å²) in [4.78, 5) is 7.10. The lowest BCUT2D eigenvalue weighted by Gasteiger charge is -2.20. The number of aromatic hydroxyl groups is 1. The summed E-state index contributed by atoms with van der Waals surface area (Å²) in [5.41, 5.74) is 2.86. The Balaban J connectivity index is 2.01. The van der Waals surface area contributed by atoms with Gasteiger partial charge in [-0.1, -0.05) is 6.07 Å². The van der Waals surface area contributed by atoms with E-state index < -0.39 is 0 Å². The first-order valence-electron chi connectivity index (χ1n) is 6.91. The number of aliphatic hydroxyl groups excluding tert-OH is 1. The monoisotopic (exact) mass is 315 g/mol. The molecule has 2 heterocycles. The molecule has 1 aromatic heterocycles. The number of hydrogen-bond donors (Lipinski definition) is 3. The number of aliphatic hydroxyl groups is 1. The van der Waals surface area contributed by atoms with Crippen LogP contribution in [0.4, 0.5) is 5.69 Å². The number of anilines is 1. The van der Waals surface area contributed by atoms with Crippen LogP contribution in [0.15, 0.2) is 24.0 Å². The van der Waals surface area contributed by atoms with Crippen LogP contribution in [0, 0.1) is 26.2 Å². The second-order valence-corrected chi connectivity index (χ2v) is 6.61. The molecule has 0 saturated carbocycles. The molecule has 2 aromatic rings. The molecule has 0 aliphatic carbocycles. The van der Waals surface area contributed by atoms with Gasteiger partial charge in [-0.05, 0) is 38.5 Å². The summed E-state index contributed by atoms with van der Waals surface area (Å²) in [6.07, 6.45) is 0. The summed E-state index contributed by atoms with van der Waals surface area (Å²) in [5.74, 6) is 0.364. The molecule has 1 aliphatic heterocycles. The number of nitrogens with one attached hydrogen (secondary N) is 1. The van der Waals surface area contributed by atoms with E-state index in [0.29, 0.717) is 16.3 Å². The van der Waals surface area contributed by atoms with Crippen LogP contribution in [0.2, 0.25) is 0 Å². The minimum atomic E-state index is 0.0934. The molecule has 3 N–H and O–H groups in total. The predicted octanol–water partition coefficient (Wildman–Crippen LogP) is 3.54. The number of amidine groups is 1. The van der Waals surface area contributed by atoms with Crippen LogP contribution >= 0.6 is 11.3 Å². The van der Waals surface area contributed by atoms with Gasteiger partial charge in [-0.15, -0.1) is 11.3 Å².